The quantitative estimate of drug-likeness (QED) is 0.728. The van der Waals surface area contributed by atoms with E-state index in [1.54, 1.807) is 18.6 Å². The molecule has 1 fully saturated rings. The van der Waals surface area contributed by atoms with Crippen LogP contribution in [0.4, 0.5) is 10.2 Å². The Labute approximate surface area is 143 Å². The average Bonchev–Trinajstić information content (AvgIpc) is 3.07. The lowest BCUT2D eigenvalue weighted by Gasteiger charge is -2.35. The van der Waals surface area contributed by atoms with E-state index in [1.165, 1.54) is 12.1 Å². The van der Waals surface area contributed by atoms with Crippen molar-refractivity contribution in [1.29, 1.82) is 0 Å². The Bertz CT molecular complexity index is 859. The monoisotopic (exact) mass is 346 g/mol. The van der Waals surface area contributed by atoms with E-state index in [1.807, 2.05) is 10.6 Å². The van der Waals surface area contributed by atoms with Crippen molar-refractivity contribution in [2.45, 2.75) is 6.54 Å². The molecule has 4 rings (SSSR count). The van der Waals surface area contributed by atoms with Crippen LogP contribution < -0.4 is 4.90 Å². The van der Waals surface area contributed by atoms with Gasteiger partial charge in [0, 0.05) is 50.1 Å². The molecule has 3 aromatic rings. The predicted molar refractivity (Wildman–Crippen MR) is 89.7 cm³/mol. The molecular formula is C16H16ClFN6. The van der Waals surface area contributed by atoms with Crippen molar-refractivity contribution >= 4 is 23.1 Å². The molecule has 1 aliphatic heterocycles. The van der Waals surface area contributed by atoms with Crippen molar-refractivity contribution in [3.63, 3.8) is 0 Å². The standard InChI is InChI=1S/C16H16ClFN6/c17-14-9-13(18)2-1-12(14)10-22-5-7-23(8-6-22)15-16-21-20-11-24(16)4-3-19-15/h1-4,9,11H,5-8,10H2. The SMILES string of the molecule is Fc1ccc(CN2CCN(c3nccn4cnnc34)CC2)c(Cl)c1. The molecule has 8 heteroatoms. The summed E-state index contributed by atoms with van der Waals surface area (Å²) in [6, 6.07) is 4.57. The lowest BCUT2D eigenvalue weighted by atomic mass is 10.2. The van der Waals surface area contributed by atoms with Gasteiger partial charge in [0.25, 0.3) is 0 Å². The molecule has 0 unspecified atom stereocenters. The van der Waals surface area contributed by atoms with E-state index in [2.05, 4.69) is 25.0 Å². The number of anilines is 1. The van der Waals surface area contributed by atoms with Gasteiger partial charge >= 0.3 is 0 Å². The summed E-state index contributed by atoms with van der Waals surface area (Å²) in [5, 5.41) is 8.56. The van der Waals surface area contributed by atoms with Crippen LogP contribution >= 0.6 is 11.6 Å². The van der Waals surface area contributed by atoms with Gasteiger partial charge in [-0.3, -0.25) is 9.30 Å². The number of nitrogens with zero attached hydrogens (tertiary/aromatic N) is 6. The molecule has 124 valence electrons. The smallest absolute Gasteiger partial charge is 0.203 e. The van der Waals surface area contributed by atoms with Crippen molar-refractivity contribution in [1.82, 2.24) is 24.5 Å². The van der Waals surface area contributed by atoms with Gasteiger partial charge in [-0.25, -0.2) is 9.37 Å². The number of hydrogen-bond donors (Lipinski definition) is 0. The lowest BCUT2D eigenvalue weighted by molar-refractivity contribution is 0.249. The van der Waals surface area contributed by atoms with Gasteiger partial charge in [0.2, 0.25) is 5.65 Å². The molecule has 2 aromatic heterocycles. The van der Waals surface area contributed by atoms with Crippen LogP contribution in [0.3, 0.4) is 0 Å². The van der Waals surface area contributed by atoms with Crippen LogP contribution in [0.1, 0.15) is 5.56 Å². The number of hydrogen-bond acceptors (Lipinski definition) is 5. The lowest BCUT2D eigenvalue weighted by Crippen LogP contribution is -2.46. The highest BCUT2D eigenvalue weighted by molar-refractivity contribution is 6.31. The predicted octanol–water partition coefficient (Wildman–Crippen LogP) is 2.24. The minimum absolute atomic E-state index is 0.305. The topological polar surface area (TPSA) is 49.6 Å². The molecule has 0 bridgehead atoms. The third kappa shape index (κ3) is 2.92. The second kappa shape index (κ2) is 6.33. The van der Waals surface area contributed by atoms with Gasteiger partial charge in [0.1, 0.15) is 12.1 Å². The van der Waals surface area contributed by atoms with E-state index >= 15 is 0 Å². The molecule has 0 N–H and O–H groups in total. The highest BCUT2D eigenvalue weighted by Crippen LogP contribution is 2.22. The molecule has 0 aliphatic carbocycles. The molecule has 0 radical (unpaired) electrons. The van der Waals surface area contributed by atoms with Crippen LogP contribution in [0, 0.1) is 5.82 Å². The van der Waals surface area contributed by atoms with Gasteiger partial charge < -0.3 is 4.90 Å². The maximum Gasteiger partial charge on any atom is 0.203 e. The maximum atomic E-state index is 13.1. The zero-order valence-electron chi connectivity index (χ0n) is 12.9. The van der Waals surface area contributed by atoms with Crippen molar-refractivity contribution in [2.75, 3.05) is 31.1 Å². The summed E-state index contributed by atoms with van der Waals surface area (Å²) in [6.45, 7) is 4.17. The molecule has 1 aliphatic rings. The Morgan fingerprint density at radius 1 is 1.17 bits per heavy atom. The van der Waals surface area contributed by atoms with Crippen LogP contribution in [0.25, 0.3) is 5.65 Å². The third-order valence-corrected chi connectivity index (χ3v) is 4.63. The Hall–Kier alpha value is -2.25. The fourth-order valence-electron chi connectivity index (χ4n) is 2.98. The molecular weight excluding hydrogens is 331 g/mol. The van der Waals surface area contributed by atoms with E-state index in [4.69, 9.17) is 11.6 Å². The summed E-state index contributed by atoms with van der Waals surface area (Å²) in [7, 11) is 0. The molecule has 0 amide bonds. The molecule has 24 heavy (non-hydrogen) atoms. The highest BCUT2D eigenvalue weighted by atomic mass is 35.5. The molecule has 3 heterocycles. The molecule has 6 nitrogen and oxygen atoms in total. The fourth-order valence-corrected chi connectivity index (χ4v) is 3.20. The first-order valence-corrected chi connectivity index (χ1v) is 8.14. The zero-order chi connectivity index (χ0) is 16.5. The van der Waals surface area contributed by atoms with Gasteiger partial charge in [-0.1, -0.05) is 17.7 Å². The number of benzene rings is 1. The average molecular weight is 347 g/mol. The van der Waals surface area contributed by atoms with Crippen LogP contribution in [-0.2, 0) is 6.54 Å². The first kappa shape index (κ1) is 15.3. The highest BCUT2D eigenvalue weighted by Gasteiger charge is 2.21. The molecule has 0 atom stereocenters. The van der Waals surface area contributed by atoms with Crippen molar-refractivity contribution in [2.24, 2.45) is 0 Å². The first-order chi connectivity index (χ1) is 11.7. The zero-order valence-corrected chi connectivity index (χ0v) is 13.7. The van der Waals surface area contributed by atoms with Crippen LogP contribution in [0.5, 0.6) is 0 Å². The summed E-state index contributed by atoms with van der Waals surface area (Å²) >= 11 is 6.12. The van der Waals surface area contributed by atoms with E-state index in [0.717, 1.165) is 49.8 Å². The number of aromatic nitrogens is 4. The van der Waals surface area contributed by atoms with Crippen LogP contribution in [0.2, 0.25) is 5.02 Å². The number of piperazine rings is 1. The van der Waals surface area contributed by atoms with Crippen LogP contribution in [0.15, 0.2) is 36.9 Å². The third-order valence-electron chi connectivity index (χ3n) is 4.28. The molecule has 1 aromatic carbocycles. The molecule has 0 saturated carbocycles. The van der Waals surface area contributed by atoms with Gasteiger partial charge in [-0.2, -0.15) is 0 Å². The van der Waals surface area contributed by atoms with Crippen molar-refractivity contribution < 1.29 is 4.39 Å². The first-order valence-electron chi connectivity index (χ1n) is 7.76. The fraction of sp³-hybridized carbons (Fsp3) is 0.312. The van der Waals surface area contributed by atoms with Gasteiger partial charge in [-0.15, -0.1) is 10.2 Å². The summed E-state index contributed by atoms with van der Waals surface area (Å²) in [6.07, 6.45) is 5.27. The molecule has 1 saturated heterocycles. The Balaban J connectivity index is 1.44. The van der Waals surface area contributed by atoms with Gasteiger partial charge in [-0.05, 0) is 17.7 Å². The minimum atomic E-state index is -0.305. The maximum absolute atomic E-state index is 13.1. The summed E-state index contributed by atoms with van der Waals surface area (Å²) in [5.74, 6) is 0.551. The Morgan fingerprint density at radius 3 is 2.79 bits per heavy atom. The van der Waals surface area contributed by atoms with Gasteiger partial charge in [0.15, 0.2) is 5.82 Å². The summed E-state index contributed by atoms with van der Waals surface area (Å²) in [5.41, 5.74) is 1.72. The Kier molecular flexibility index (Phi) is 4.03. The van der Waals surface area contributed by atoms with E-state index < -0.39 is 0 Å². The second-order valence-electron chi connectivity index (χ2n) is 5.81. The normalized spacial score (nSPS) is 16.0. The van der Waals surface area contributed by atoms with E-state index in [0.29, 0.717) is 5.02 Å². The van der Waals surface area contributed by atoms with E-state index in [-0.39, 0.29) is 5.82 Å². The van der Waals surface area contributed by atoms with Crippen molar-refractivity contribution in [3.8, 4) is 0 Å². The largest absolute Gasteiger partial charge is 0.351 e. The van der Waals surface area contributed by atoms with Crippen LogP contribution in [-0.4, -0.2) is 50.7 Å². The van der Waals surface area contributed by atoms with Crippen molar-refractivity contribution in [3.05, 3.63) is 53.3 Å². The minimum Gasteiger partial charge on any atom is -0.351 e. The Morgan fingerprint density at radius 2 is 2.00 bits per heavy atom. The van der Waals surface area contributed by atoms with Gasteiger partial charge in [0.05, 0.1) is 0 Å². The van der Waals surface area contributed by atoms with E-state index in [9.17, 15) is 4.39 Å². The summed E-state index contributed by atoms with van der Waals surface area (Å²) in [4.78, 5) is 8.98. The second-order valence-corrected chi connectivity index (χ2v) is 6.22. The summed E-state index contributed by atoms with van der Waals surface area (Å²) < 4.78 is 15.0. The number of fused-ring (bicyclic) bond motifs is 1. The number of halogens is 2. The number of rotatable bonds is 3. The molecule has 0 spiro atoms.